The van der Waals surface area contributed by atoms with Gasteiger partial charge in [0.25, 0.3) is 0 Å². The summed E-state index contributed by atoms with van der Waals surface area (Å²) in [5.74, 6) is -0.372. The molecule has 0 amide bonds. The van der Waals surface area contributed by atoms with Crippen molar-refractivity contribution in [2.75, 3.05) is 6.61 Å². The maximum absolute atomic E-state index is 13.3. The van der Waals surface area contributed by atoms with Gasteiger partial charge in [0, 0.05) is 10.9 Å². The minimum Gasteiger partial charge on any atom is -0.492 e. The molecule has 4 heteroatoms. The summed E-state index contributed by atoms with van der Waals surface area (Å²) < 4.78 is 19.0. The topological polar surface area (TPSA) is 26.3 Å². The lowest BCUT2D eigenvalue weighted by Crippen LogP contribution is -2.16. The summed E-state index contributed by atoms with van der Waals surface area (Å²) in [5.41, 5.74) is 0.0782. The van der Waals surface area contributed by atoms with Crippen molar-refractivity contribution in [3.63, 3.8) is 0 Å². The molecule has 0 aliphatic carbocycles. The average Bonchev–Trinajstić information content (AvgIpc) is 2.02. The zero-order valence-electron chi connectivity index (χ0n) is 6.64. The van der Waals surface area contributed by atoms with Crippen LogP contribution in [0.15, 0.2) is 16.6 Å². The number of carbonyl (C=O) groups excluding carboxylic acids is 1. The molecule has 0 bridgehead atoms. The molecular formula is C9H6BrFO2. The van der Waals surface area contributed by atoms with Crippen LogP contribution in [0, 0.1) is 5.82 Å². The number of hydrogen-bond acceptors (Lipinski definition) is 2. The van der Waals surface area contributed by atoms with E-state index in [2.05, 4.69) is 15.9 Å². The zero-order chi connectivity index (χ0) is 9.42. The Kier molecular flexibility index (Phi) is 2.07. The zero-order valence-corrected chi connectivity index (χ0v) is 8.23. The normalized spacial score (nSPS) is 15.1. The first kappa shape index (κ1) is 8.69. The summed E-state index contributed by atoms with van der Waals surface area (Å²) >= 11 is 3.13. The van der Waals surface area contributed by atoms with Crippen LogP contribution >= 0.6 is 15.9 Å². The maximum Gasteiger partial charge on any atom is 0.172 e. The van der Waals surface area contributed by atoms with E-state index in [-0.39, 0.29) is 17.8 Å². The van der Waals surface area contributed by atoms with Crippen LogP contribution in [0.25, 0.3) is 0 Å². The Hall–Kier alpha value is -0.900. The number of fused-ring (bicyclic) bond motifs is 1. The fraction of sp³-hybridized carbons (Fsp3) is 0.222. The van der Waals surface area contributed by atoms with Gasteiger partial charge in [-0.2, -0.15) is 0 Å². The predicted molar refractivity (Wildman–Crippen MR) is 48.5 cm³/mol. The maximum atomic E-state index is 13.3. The molecule has 68 valence electrons. The van der Waals surface area contributed by atoms with Gasteiger partial charge in [-0.25, -0.2) is 4.39 Å². The molecule has 2 nitrogen and oxygen atoms in total. The summed E-state index contributed by atoms with van der Waals surface area (Å²) in [5, 5.41) is 0. The van der Waals surface area contributed by atoms with Crippen molar-refractivity contribution in [1.82, 2.24) is 0 Å². The highest BCUT2D eigenvalue weighted by atomic mass is 79.9. The molecule has 0 spiro atoms. The number of ether oxygens (including phenoxy) is 1. The van der Waals surface area contributed by atoms with Gasteiger partial charge >= 0.3 is 0 Å². The van der Waals surface area contributed by atoms with Crippen molar-refractivity contribution in [3.05, 3.63) is 28.0 Å². The molecule has 0 unspecified atom stereocenters. The summed E-state index contributed by atoms with van der Waals surface area (Å²) in [6.45, 7) is 0.335. The van der Waals surface area contributed by atoms with Gasteiger partial charge in [-0.1, -0.05) is 15.9 Å². The molecular weight excluding hydrogens is 239 g/mol. The summed E-state index contributed by atoms with van der Waals surface area (Å²) in [6.07, 6.45) is 0.256. The summed E-state index contributed by atoms with van der Waals surface area (Å²) in [7, 11) is 0. The number of rotatable bonds is 0. The van der Waals surface area contributed by atoms with Gasteiger partial charge in [-0.05, 0) is 12.1 Å². The molecule has 0 saturated heterocycles. The van der Waals surface area contributed by atoms with E-state index >= 15 is 0 Å². The molecule has 0 aromatic heterocycles. The van der Waals surface area contributed by atoms with E-state index in [9.17, 15) is 9.18 Å². The Bertz CT molecular complexity index is 376. The van der Waals surface area contributed by atoms with Gasteiger partial charge in [0.05, 0.1) is 12.2 Å². The second-order valence-electron chi connectivity index (χ2n) is 2.78. The number of carbonyl (C=O) groups is 1. The van der Waals surface area contributed by atoms with Crippen molar-refractivity contribution in [2.24, 2.45) is 0 Å². The van der Waals surface area contributed by atoms with Crippen LogP contribution in [-0.4, -0.2) is 12.4 Å². The van der Waals surface area contributed by atoms with E-state index in [1.54, 1.807) is 6.07 Å². The van der Waals surface area contributed by atoms with Gasteiger partial charge < -0.3 is 4.74 Å². The van der Waals surface area contributed by atoms with E-state index in [1.165, 1.54) is 6.07 Å². The van der Waals surface area contributed by atoms with Gasteiger partial charge in [-0.15, -0.1) is 0 Å². The molecule has 13 heavy (non-hydrogen) atoms. The number of halogens is 2. The fourth-order valence-corrected chi connectivity index (χ4v) is 1.72. The standard InChI is InChI=1S/C9H6BrFO2/c10-5-3-6(11)9-7(12)1-2-13-8(9)4-5/h3-4H,1-2H2. The largest absolute Gasteiger partial charge is 0.492 e. The van der Waals surface area contributed by atoms with Crippen LogP contribution in [0.1, 0.15) is 16.8 Å². The second-order valence-corrected chi connectivity index (χ2v) is 3.70. The Morgan fingerprint density at radius 1 is 1.46 bits per heavy atom. The first-order valence-corrected chi connectivity index (χ1v) is 4.63. The Morgan fingerprint density at radius 2 is 2.23 bits per heavy atom. The molecule has 1 aliphatic rings. The first-order chi connectivity index (χ1) is 6.18. The van der Waals surface area contributed by atoms with Crippen molar-refractivity contribution in [3.8, 4) is 5.75 Å². The van der Waals surface area contributed by atoms with Gasteiger partial charge in [0.15, 0.2) is 5.78 Å². The monoisotopic (exact) mass is 244 g/mol. The lowest BCUT2D eigenvalue weighted by atomic mass is 10.0. The van der Waals surface area contributed by atoms with Crippen LogP contribution < -0.4 is 4.74 Å². The van der Waals surface area contributed by atoms with Crippen LogP contribution in [0.3, 0.4) is 0 Å². The molecule has 1 heterocycles. The van der Waals surface area contributed by atoms with Crippen LogP contribution in [0.4, 0.5) is 4.39 Å². The van der Waals surface area contributed by atoms with Crippen molar-refractivity contribution >= 4 is 21.7 Å². The van der Waals surface area contributed by atoms with E-state index in [4.69, 9.17) is 4.74 Å². The number of Topliss-reactive ketones (excluding diaryl/α,β-unsaturated/α-hetero) is 1. The van der Waals surface area contributed by atoms with Gasteiger partial charge in [0.2, 0.25) is 0 Å². The molecule has 1 aromatic carbocycles. The summed E-state index contributed by atoms with van der Waals surface area (Å²) in [4.78, 5) is 11.3. The molecule has 1 aromatic rings. The van der Waals surface area contributed by atoms with Crippen molar-refractivity contribution < 1.29 is 13.9 Å². The minimum atomic E-state index is -0.519. The van der Waals surface area contributed by atoms with E-state index < -0.39 is 5.82 Å². The molecule has 0 saturated carbocycles. The van der Waals surface area contributed by atoms with E-state index in [0.29, 0.717) is 16.8 Å². The summed E-state index contributed by atoms with van der Waals surface area (Å²) in [6, 6.07) is 2.88. The molecule has 0 radical (unpaired) electrons. The fourth-order valence-electron chi connectivity index (χ4n) is 1.31. The van der Waals surface area contributed by atoms with Crippen molar-refractivity contribution in [1.29, 1.82) is 0 Å². The SMILES string of the molecule is O=C1CCOc2cc(Br)cc(F)c21. The Morgan fingerprint density at radius 3 is 3.00 bits per heavy atom. The van der Waals surface area contributed by atoms with Crippen LogP contribution in [-0.2, 0) is 0 Å². The molecule has 0 fully saturated rings. The third-order valence-corrected chi connectivity index (χ3v) is 2.34. The number of hydrogen-bond donors (Lipinski definition) is 0. The van der Waals surface area contributed by atoms with Crippen molar-refractivity contribution in [2.45, 2.75) is 6.42 Å². The molecule has 1 aliphatic heterocycles. The van der Waals surface area contributed by atoms with Crippen LogP contribution in [0.5, 0.6) is 5.75 Å². The Labute approximate surface area is 82.8 Å². The molecule has 2 rings (SSSR count). The second kappa shape index (κ2) is 3.10. The minimum absolute atomic E-state index is 0.0782. The number of ketones is 1. The Balaban J connectivity index is 2.63. The molecule has 0 atom stereocenters. The van der Waals surface area contributed by atoms with E-state index in [0.717, 1.165) is 0 Å². The number of benzene rings is 1. The van der Waals surface area contributed by atoms with Gasteiger partial charge in [0.1, 0.15) is 11.6 Å². The first-order valence-electron chi connectivity index (χ1n) is 3.83. The van der Waals surface area contributed by atoms with E-state index in [1.807, 2.05) is 0 Å². The quantitative estimate of drug-likeness (QED) is 0.702. The lowest BCUT2D eigenvalue weighted by Gasteiger charge is -2.16. The van der Waals surface area contributed by atoms with Crippen LogP contribution in [0.2, 0.25) is 0 Å². The average molecular weight is 245 g/mol. The highest BCUT2D eigenvalue weighted by Crippen LogP contribution is 2.30. The lowest BCUT2D eigenvalue weighted by molar-refractivity contribution is 0.0928. The predicted octanol–water partition coefficient (Wildman–Crippen LogP) is 2.55. The molecule has 0 N–H and O–H groups in total. The third-order valence-electron chi connectivity index (χ3n) is 1.88. The third kappa shape index (κ3) is 1.46. The highest BCUT2D eigenvalue weighted by Gasteiger charge is 2.22. The highest BCUT2D eigenvalue weighted by molar-refractivity contribution is 9.10. The van der Waals surface area contributed by atoms with Gasteiger partial charge in [-0.3, -0.25) is 4.79 Å². The smallest absolute Gasteiger partial charge is 0.172 e.